The molecule has 6 nitrogen and oxygen atoms in total. The molecule has 1 N–H and O–H groups in total. The number of hydrogen-bond donors (Lipinski definition) is 1. The summed E-state index contributed by atoms with van der Waals surface area (Å²) >= 11 is 0. The van der Waals surface area contributed by atoms with Gasteiger partial charge in [0.15, 0.2) is 15.7 Å². The molecule has 2 heterocycles. The fourth-order valence-corrected chi connectivity index (χ4v) is 5.00. The highest BCUT2D eigenvalue weighted by Crippen LogP contribution is 2.27. The van der Waals surface area contributed by atoms with E-state index in [1.807, 2.05) is 43.3 Å². The molecule has 1 aliphatic heterocycles. The lowest BCUT2D eigenvalue weighted by atomic mass is 10.2. The topological polar surface area (TPSA) is 75.2 Å². The number of nitrogens with zero attached hydrogens (tertiary/aromatic N) is 3. The van der Waals surface area contributed by atoms with Crippen molar-refractivity contribution < 1.29 is 8.42 Å². The summed E-state index contributed by atoms with van der Waals surface area (Å²) in [5, 5.41) is 3.33. The van der Waals surface area contributed by atoms with E-state index in [9.17, 15) is 8.42 Å². The molecule has 1 saturated heterocycles. The van der Waals surface area contributed by atoms with Crippen molar-refractivity contribution in [2.24, 2.45) is 0 Å². The molecule has 2 aromatic rings. The van der Waals surface area contributed by atoms with E-state index in [2.05, 4.69) is 22.1 Å². The van der Waals surface area contributed by atoms with Crippen LogP contribution in [0.2, 0.25) is 0 Å². The molecule has 0 radical (unpaired) electrons. The Hall–Kier alpha value is -2.15. The van der Waals surface area contributed by atoms with Crippen LogP contribution in [0, 0.1) is 0 Å². The molecular weight excluding hydrogens is 348 g/mol. The lowest BCUT2D eigenvalue weighted by molar-refractivity contribution is 0.599. The van der Waals surface area contributed by atoms with Gasteiger partial charge in [0.2, 0.25) is 0 Å². The maximum atomic E-state index is 11.9. The van der Waals surface area contributed by atoms with Crippen molar-refractivity contribution in [1.82, 2.24) is 9.97 Å². The SMILES string of the molecule is CCCNc1cc(N(CC)C2CCS(=O)(=O)C2)nc(-c2ccccc2)n1. The molecule has 0 spiro atoms. The summed E-state index contributed by atoms with van der Waals surface area (Å²) in [6.07, 6.45) is 1.65. The fourth-order valence-electron chi connectivity index (χ4n) is 3.27. The molecule has 140 valence electrons. The Bertz CT molecular complexity index is 840. The summed E-state index contributed by atoms with van der Waals surface area (Å²) in [5.74, 6) is 2.66. The van der Waals surface area contributed by atoms with Crippen molar-refractivity contribution in [3.05, 3.63) is 36.4 Å². The van der Waals surface area contributed by atoms with Crippen LogP contribution in [0.15, 0.2) is 36.4 Å². The van der Waals surface area contributed by atoms with Gasteiger partial charge in [-0.3, -0.25) is 0 Å². The van der Waals surface area contributed by atoms with E-state index in [4.69, 9.17) is 4.98 Å². The number of anilines is 2. The first-order valence-corrected chi connectivity index (χ1v) is 11.0. The van der Waals surface area contributed by atoms with Crippen LogP contribution in [-0.4, -0.2) is 49.0 Å². The standard InChI is InChI=1S/C19H26N4O2S/c1-3-11-20-17-13-18(22-19(21-17)15-8-6-5-7-9-15)23(4-2)16-10-12-26(24,25)14-16/h5-9,13,16H,3-4,10-12,14H2,1-2H3,(H,20,21,22). The number of hydrogen-bond acceptors (Lipinski definition) is 6. The van der Waals surface area contributed by atoms with Gasteiger partial charge < -0.3 is 10.2 Å². The maximum Gasteiger partial charge on any atom is 0.163 e. The quantitative estimate of drug-likeness (QED) is 0.803. The number of benzene rings is 1. The first kappa shape index (κ1) is 18.6. The highest BCUT2D eigenvalue weighted by molar-refractivity contribution is 7.91. The minimum Gasteiger partial charge on any atom is -0.370 e. The van der Waals surface area contributed by atoms with Gasteiger partial charge in [-0.1, -0.05) is 37.3 Å². The third-order valence-electron chi connectivity index (χ3n) is 4.58. The second-order valence-electron chi connectivity index (χ2n) is 6.57. The van der Waals surface area contributed by atoms with Crippen LogP contribution in [-0.2, 0) is 9.84 Å². The zero-order valence-electron chi connectivity index (χ0n) is 15.4. The van der Waals surface area contributed by atoms with E-state index in [0.29, 0.717) is 18.8 Å². The molecular formula is C19H26N4O2S. The Labute approximate surface area is 155 Å². The van der Waals surface area contributed by atoms with Gasteiger partial charge >= 0.3 is 0 Å². The van der Waals surface area contributed by atoms with Gasteiger partial charge in [0.05, 0.1) is 11.5 Å². The number of nitrogens with one attached hydrogen (secondary N) is 1. The average molecular weight is 375 g/mol. The average Bonchev–Trinajstić information content (AvgIpc) is 3.01. The minimum absolute atomic E-state index is 0.0254. The number of sulfone groups is 1. The first-order valence-electron chi connectivity index (χ1n) is 9.18. The van der Waals surface area contributed by atoms with E-state index in [1.54, 1.807) is 0 Å². The smallest absolute Gasteiger partial charge is 0.163 e. The molecule has 0 amide bonds. The monoisotopic (exact) mass is 374 g/mol. The summed E-state index contributed by atoms with van der Waals surface area (Å²) < 4.78 is 23.8. The second kappa shape index (κ2) is 8.03. The second-order valence-corrected chi connectivity index (χ2v) is 8.80. The predicted molar refractivity (Wildman–Crippen MR) is 106 cm³/mol. The zero-order valence-corrected chi connectivity index (χ0v) is 16.2. The Morgan fingerprint density at radius 2 is 1.96 bits per heavy atom. The van der Waals surface area contributed by atoms with Crippen molar-refractivity contribution in [2.75, 3.05) is 34.8 Å². The molecule has 1 aromatic heterocycles. The van der Waals surface area contributed by atoms with Crippen LogP contribution in [0.3, 0.4) is 0 Å². The molecule has 26 heavy (non-hydrogen) atoms. The van der Waals surface area contributed by atoms with Gasteiger partial charge in [0.25, 0.3) is 0 Å². The molecule has 1 fully saturated rings. The van der Waals surface area contributed by atoms with Crippen LogP contribution >= 0.6 is 0 Å². The van der Waals surface area contributed by atoms with Crippen molar-refractivity contribution in [2.45, 2.75) is 32.7 Å². The minimum atomic E-state index is -2.95. The van der Waals surface area contributed by atoms with Gasteiger partial charge in [0.1, 0.15) is 11.6 Å². The van der Waals surface area contributed by atoms with Gasteiger partial charge in [-0.15, -0.1) is 0 Å². The Kier molecular flexibility index (Phi) is 5.76. The summed E-state index contributed by atoms with van der Waals surface area (Å²) in [5.41, 5.74) is 0.948. The fraction of sp³-hybridized carbons (Fsp3) is 0.474. The van der Waals surface area contributed by atoms with Gasteiger partial charge in [-0.25, -0.2) is 18.4 Å². The molecule has 0 aliphatic carbocycles. The van der Waals surface area contributed by atoms with Crippen LogP contribution in [0.4, 0.5) is 11.6 Å². The Balaban J connectivity index is 1.98. The molecule has 1 aromatic carbocycles. The zero-order chi connectivity index (χ0) is 18.6. The van der Waals surface area contributed by atoms with Crippen molar-refractivity contribution >= 4 is 21.5 Å². The predicted octanol–water partition coefficient (Wildman–Crippen LogP) is 2.98. The summed E-state index contributed by atoms with van der Waals surface area (Å²) in [7, 11) is -2.95. The number of rotatable bonds is 7. The highest BCUT2D eigenvalue weighted by Gasteiger charge is 2.32. The van der Waals surface area contributed by atoms with Crippen LogP contribution in [0.25, 0.3) is 11.4 Å². The molecule has 0 bridgehead atoms. The van der Waals surface area contributed by atoms with Crippen molar-refractivity contribution in [3.8, 4) is 11.4 Å². The lowest BCUT2D eigenvalue weighted by Crippen LogP contribution is -2.37. The van der Waals surface area contributed by atoms with Crippen molar-refractivity contribution in [1.29, 1.82) is 0 Å². The van der Waals surface area contributed by atoms with E-state index in [-0.39, 0.29) is 17.5 Å². The molecule has 1 aliphatic rings. The third kappa shape index (κ3) is 4.33. The largest absolute Gasteiger partial charge is 0.370 e. The molecule has 0 saturated carbocycles. The van der Waals surface area contributed by atoms with E-state index in [1.165, 1.54) is 0 Å². The molecule has 3 rings (SSSR count). The normalized spacial score (nSPS) is 18.6. The molecule has 1 atom stereocenters. The van der Waals surface area contributed by atoms with Gasteiger partial charge in [0, 0.05) is 30.8 Å². The summed E-state index contributed by atoms with van der Waals surface area (Å²) in [4.78, 5) is 11.5. The Morgan fingerprint density at radius 3 is 2.58 bits per heavy atom. The van der Waals surface area contributed by atoms with E-state index in [0.717, 1.165) is 30.2 Å². The molecule has 1 unspecified atom stereocenters. The number of aromatic nitrogens is 2. The van der Waals surface area contributed by atoms with E-state index >= 15 is 0 Å². The van der Waals surface area contributed by atoms with Crippen molar-refractivity contribution in [3.63, 3.8) is 0 Å². The van der Waals surface area contributed by atoms with Gasteiger partial charge in [-0.2, -0.15) is 0 Å². The van der Waals surface area contributed by atoms with Crippen LogP contribution in [0.1, 0.15) is 26.7 Å². The molecule has 7 heteroatoms. The van der Waals surface area contributed by atoms with Gasteiger partial charge in [-0.05, 0) is 19.8 Å². The Morgan fingerprint density at radius 1 is 1.19 bits per heavy atom. The van der Waals surface area contributed by atoms with E-state index < -0.39 is 9.84 Å². The summed E-state index contributed by atoms with van der Waals surface area (Å²) in [6, 6.07) is 11.8. The maximum absolute atomic E-state index is 11.9. The lowest BCUT2D eigenvalue weighted by Gasteiger charge is -2.28. The first-order chi connectivity index (χ1) is 12.5. The third-order valence-corrected chi connectivity index (χ3v) is 6.34. The highest BCUT2D eigenvalue weighted by atomic mass is 32.2. The van der Waals surface area contributed by atoms with Crippen LogP contribution in [0.5, 0.6) is 0 Å². The van der Waals surface area contributed by atoms with Crippen LogP contribution < -0.4 is 10.2 Å². The summed E-state index contributed by atoms with van der Waals surface area (Å²) in [6.45, 7) is 5.68.